The maximum absolute atomic E-state index is 13.4. The van der Waals surface area contributed by atoms with Gasteiger partial charge in [0.05, 0.1) is 0 Å². The number of carbonyl (C=O) groups excluding carboxylic acids is 1. The molecule has 0 heterocycles. The molecule has 0 radical (unpaired) electrons. The van der Waals surface area contributed by atoms with Gasteiger partial charge in [0.2, 0.25) is 0 Å². The molecular weight excluding hydrogens is 215 g/mol. The molecule has 1 aromatic rings. The molecule has 0 bridgehead atoms. The van der Waals surface area contributed by atoms with Crippen molar-refractivity contribution in [2.75, 3.05) is 0 Å². The van der Waals surface area contributed by atoms with Crippen LogP contribution in [-0.4, -0.2) is 5.24 Å². The number of allylic oxidation sites excluding steroid dienone is 1. The standard InChI is InChI=1S/C12H12ClFO/c1-7(2)8(3)10-6-9(12(13)15)4-5-11(10)14/h4-7H,3H2,1-2H3. The van der Waals surface area contributed by atoms with E-state index >= 15 is 0 Å². The summed E-state index contributed by atoms with van der Waals surface area (Å²) in [4.78, 5) is 10.9. The van der Waals surface area contributed by atoms with E-state index in [9.17, 15) is 9.18 Å². The third-order valence-corrected chi connectivity index (χ3v) is 2.45. The van der Waals surface area contributed by atoms with Crippen molar-refractivity contribution in [3.8, 4) is 0 Å². The van der Waals surface area contributed by atoms with Gasteiger partial charge in [-0.15, -0.1) is 0 Å². The summed E-state index contributed by atoms with van der Waals surface area (Å²) in [6, 6.07) is 4.04. The Morgan fingerprint density at radius 3 is 2.53 bits per heavy atom. The van der Waals surface area contributed by atoms with Gasteiger partial charge in [-0.1, -0.05) is 20.4 Å². The largest absolute Gasteiger partial charge is 0.276 e. The lowest BCUT2D eigenvalue weighted by Crippen LogP contribution is -1.98. The normalized spacial score (nSPS) is 10.5. The van der Waals surface area contributed by atoms with Crippen molar-refractivity contribution in [3.63, 3.8) is 0 Å². The summed E-state index contributed by atoms with van der Waals surface area (Å²) in [5, 5.41) is -0.590. The minimum Gasteiger partial charge on any atom is -0.276 e. The van der Waals surface area contributed by atoms with Crippen LogP contribution < -0.4 is 0 Å². The monoisotopic (exact) mass is 226 g/mol. The second-order valence-electron chi connectivity index (χ2n) is 3.65. The zero-order valence-corrected chi connectivity index (χ0v) is 9.44. The first kappa shape index (κ1) is 11.9. The number of hydrogen-bond acceptors (Lipinski definition) is 1. The van der Waals surface area contributed by atoms with Gasteiger partial charge in [-0.2, -0.15) is 0 Å². The zero-order valence-electron chi connectivity index (χ0n) is 8.68. The van der Waals surface area contributed by atoms with Gasteiger partial charge in [0.1, 0.15) is 5.82 Å². The number of benzene rings is 1. The zero-order chi connectivity index (χ0) is 11.6. The number of rotatable bonds is 3. The van der Waals surface area contributed by atoms with Gasteiger partial charge in [-0.25, -0.2) is 4.39 Å². The van der Waals surface area contributed by atoms with E-state index in [4.69, 9.17) is 11.6 Å². The van der Waals surface area contributed by atoms with Crippen molar-refractivity contribution >= 4 is 22.4 Å². The highest BCUT2D eigenvalue weighted by Crippen LogP contribution is 2.25. The van der Waals surface area contributed by atoms with Crippen molar-refractivity contribution in [2.24, 2.45) is 5.92 Å². The molecule has 0 amide bonds. The van der Waals surface area contributed by atoms with Crippen LogP contribution in [0.1, 0.15) is 29.8 Å². The van der Waals surface area contributed by atoms with Crippen LogP contribution in [0.15, 0.2) is 24.8 Å². The molecule has 15 heavy (non-hydrogen) atoms. The molecule has 0 aliphatic heterocycles. The predicted octanol–water partition coefficient (Wildman–Crippen LogP) is 3.87. The van der Waals surface area contributed by atoms with E-state index in [2.05, 4.69) is 6.58 Å². The van der Waals surface area contributed by atoms with Gasteiger partial charge in [0.25, 0.3) is 5.24 Å². The molecule has 1 nitrogen and oxygen atoms in total. The fourth-order valence-corrected chi connectivity index (χ4v) is 1.32. The molecule has 1 aromatic carbocycles. The molecule has 0 aliphatic rings. The quantitative estimate of drug-likeness (QED) is 0.715. The van der Waals surface area contributed by atoms with Crippen LogP contribution >= 0.6 is 11.6 Å². The molecule has 0 aliphatic carbocycles. The minimum absolute atomic E-state index is 0.125. The first-order chi connectivity index (χ1) is 6.93. The van der Waals surface area contributed by atoms with Gasteiger partial charge >= 0.3 is 0 Å². The predicted molar refractivity (Wildman–Crippen MR) is 60.5 cm³/mol. The molecule has 0 N–H and O–H groups in total. The van der Waals surface area contributed by atoms with Gasteiger partial charge in [0, 0.05) is 11.1 Å². The smallest absolute Gasteiger partial charge is 0.252 e. The molecule has 0 spiro atoms. The van der Waals surface area contributed by atoms with Crippen molar-refractivity contribution in [2.45, 2.75) is 13.8 Å². The molecule has 80 valence electrons. The Morgan fingerprint density at radius 1 is 1.47 bits per heavy atom. The third kappa shape index (κ3) is 2.66. The van der Waals surface area contributed by atoms with E-state index in [-0.39, 0.29) is 17.3 Å². The Kier molecular flexibility index (Phi) is 3.64. The Hall–Kier alpha value is -1.15. The molecule has 0 unspecified atom stereocenters. The van der Waals surface area contributed by atoms with Crippen molar-refractivity contribution < 1.29 is 9.18 Å². The summed E-state index contributed by atoms with van der Waals surface area (Å²) in [5.74, 6) is -0.254. The lowest BCUT2D eigenvalue weighted by atomic mass is 9.95. The van der Waals surface area contributed by atoms with Gasteiger partial charge in [-0.05, 0) is 41.3 Å². The van der Waals surface area contributed by atoms with Crippen LogP contribution in [0.2, 0.25) is 0 Å². The Morgan fingerprint density at radius 2 is 2.07 bits per heavy atom. The average Bonchev–Trinajstić information content (AvgIpc) is 2.16. The highest BCUT2D eigenvalue weighted by Gasteiger charge is 2.12. The number of halogens is 2. The first-order valence-corrected chi connectivity index (χ1v) is 5.00. The van der Waals surface area contributed by atoms with Crippen LogP contribution in [0.5, 0.6) is 0 Å². The summed E-state index contributed by atoms with van der Waals surface area (Å²) < 4.78 is 13.4. The lowest BCUT2D eigenvalue weighted by Gasteiger charge is -2.11. The Balaban J connectivity index is 3.22. The van der Waals surface area contributed by atoms with E-state index in [1.165, 1.54) is 18.2 Å². The maximum Gasteiger partial charge on any atom is 0.252 e. The molecular formula is C12H12ClFO. The Labute approximate surface area is 93.6 Å². The van der Waals surface area contributed by atoms with E-state index < -0.39 is 5.24 Å². The lowest BCUT2D eigenvalue weighted by molar-refractivity contribution is 0.108. The van der Waals surface area contributed by atoms with E-state index in [1.54, 1.807) is 0 Å². The van der Waals surface area contributed by atoms with Gasteiger partial charge in [0.15, 0.2) is 0 Å². The number of hydrogen-bond donors (Lipinski definition) is 0. The van der Waals surface area contributed by atoms with Crippen molar-refractivity contribution in [1.82, 2.24) is 0 Å². The Bertz CT molecular complexity index is 410. The topological polar surface area (TPSA) is 17.1 Å². The maximum atomic E-state index is 13.4. The molecule has 0 aromatic heterocycles. The molecule has 3 heteroatoms. The molecule has 0 saturated carbocycles. The van der Waals surface area contributed by atoms with Crippen molar-refractivity contribution in [3.05, 3.63) is 41.7 Å². The summed E-state index contributed by atoms with van der Waals surface area (Å²) in [6.07, 6.45) is 0. The van der Waals surface area contributed by atoms with Gasteiger partial charge < -0.3 is 0 Å². The highest BCUT2D eigenvalue weighted by atomic mass is 35.5. The summed E-state index contributed by atoms with van der Waals surface area (Å²) in [6.45, 7) is 7.62. The van der Waals surface area contributed by atoms with Crippen LogP contribution in [0.3, 0.4) is 0 Å². The fraction of sp³-hybridized carbons (Fsp3) is 0.250. The molecule has 1 rings (SSSR count). The third-order valence-electron chi connectivity index (χ3n) is 2.24. The minimum atomic E-state index is -0.590. The summed E-state index contributed by atoms with van der Waals surface area (Å²) in [7, 11) is 0. The second kappa shape index (κ2) is 4.58. The second-order valence-corrected chi connectivity index (χ2v) is 3.99. The van der Waals surface area contributed by atoms with E-state index in [0.717, 1.165) is 0 Å². The molecule has 0 saturated heterocycles. The first-order valence-electron chi connectivity index (χ1n) is 4.62. The van der Waals surface area contributed by atoms with Crippen LogP contribution in [0, 0.1) is 11.7 Å². The highest BCUT2D eigenvalue weighted by molar-refractivity contribution is 6.67. The summed E-state index contributed by atoms with van der Waals surface area (Å²) >= 11 is 5.32. The van der Waals surface area contributed by atoms with Crippen molar-refractivity contribution in [1.29, 1.82) is 0 Å². The van der Waals surface area contributed by atoms with Gasteiger partial charge in [-0.3, -0.25) is 4.79 Å². The molecule has 0 atom stereocenters. The molecule has 0 fully saturated rings. The summed E-state index contributed by atoms with van der Waals surface area (Å²) in [5.41, 5.74) is 1.30. The van der Waals surface area contributed by atoms with Crippen LogP contribution in [0.25, 0.3) is 5.57 Å². The number of carbonyl (C=O) groups is 1. The van der Waals surface area contributed by atoms with Crippen LogP contribution in [0.4, 0.5) is 4.39 Å². The van der Waals surface area contributed by atoms with E-state index in [1.807, 2.05) is 13.8 Å². The fourth-order valence-electron chi connectivity index (χ4n) is 1.20. The average molecular weight is 227 g/mol. The van der Waals surface area contributed by atoms with Crippen LogP contribution in [-0.2, 0) is 0 Å². The SMILES string of the molecule is C=C(c1cc(C(=O)Cl)ccc1F)C(C)C. The van der Waals surface area contributed by atoms with E-state index in [0.29, 0.717) is 11.1 Å².